The van der Waals surface area contributed by atoms with Gasteiger partial charge in [0.2, 0.25) is 0 Å². The normalized spacial score (nSPS) is 34.1. The smallest absolute Gasteiger partial charge is 0.157 e. The Balaban J connectivity index is 1.89. The fraction of sp³-hybridized carbons (Fsp3) is 0.889. The van der Waals surface area contributed by atoms with E-state index in [0.717, 1.165) is 23.8 Å². The van der Waals surface area contributed by atoms with Crippen LogP contribution in [0.1, 0.15) is 19.8 Å². The van der Waals surface area contributed by atoms with Crippen LogP contribution >= 0.6 is 11.8 Å². The summed E-state index contributed by atoms with van der Waals surface area (Å²) < 4.78 is 22.5. The zero-order valence-electron chi connectivity index (χ0n) is 8.77. The minimum Gasteiger partial charge on any atom is -0.361 e. The molecule has 1 saturated heterocycles. The Morgan fingerprint density at radius 1 is 1.60 bits per heavy atom. The molecular formula is C9H16N2O2S2. The highest BCUT2D eigenvalue weighted by Crippen LogP contribution is 2.20. The highest BCUT2D eigenvalue weighted by atomic mass is 32.2. The Kier molecular flexibility index (Phi) is 3.25. The summed E-state index contributed by atoms with van der Waals surface area (Å²) in [6.07, 6.45) is 1.78. The van der Waals surface area contributed by atoms with Crippen LogP contribution in [0.5, 0.6) is 0 Å². The van der Waals surface area contributed by atoms with Crippen molar-refractivity contribution in [1.82, 2.24) is 5.32 Å². The maximum Gasteiger partial charge on any atom is 0.157 e. The van der Waals surface area contributed by atoms with Gasteiger partial charge in [0, 0.05) is 11.8 Å². The lowest BCUT2D eigenvalue weighted by molar-refractivity contribution is 0.600. The molecule has 2 aliphatic heterocycles. The third kappa shape index (κ3) is 2.87. The van der Waals surface area contributed by atoms with Crippen molar-refractivity contribution < 1.29 is 8.42 Å². The minimum absolute atomic E-state index is 0.0804. The summed E-state index contributed by atoms with van der Waals surface area (Å²) in [5, 5.41) is 4.17. The van der Waals surface area contributed by atoms with Gasteiger partial charge in [0.1, 0.15) is 0 Å². The summed E-state index contributed by atoms with van der Waals surface area (Å²) in [7, 11) is -2.78. The molecule has 15 heavy (non-hydrogen) atoms. The lowest BCUT2D eigenvalue weighted by Gasteiger charge is -2.10. The molecule has 6 heteroatoms. The van der Waals surface area contributed by atoms with Crippen LogP contribution in [0, 0.1) is 0 Å². The monoisotopic (exact) mass is 248 g/mol. The van der Waals surface area contributed by atoms with Crippen LogP contribution in [0.4, 0.5) is 0 Å². The summed E-state index contributed by atoms with van der Waals surface area (Å²) in [5.41, 5.74) is 0. The molecule has 0 aromatic rings. The molecule has 2 rings (SSSR count). The Bertz CT molecular complexity index is 364. The standard InChI is InChI=1S/C9H16N2O2S2/c1-2-7-5-14-9(10-7)11-8-3-4-15(12,13)6-8/h7-8H,2-6H2,1H3,(H,10,11). The second-order valence-corrected chi connectivity index (χ2v) is 7.29. The first kappa shape index (κ1) is 11.3. The maximum atomic E-state index is 11.2. The molecule has 2 heterocycles. The van der Waals surface area contributed by atoms with Gasteiger partial charge in [0.15, 0.2) is 15.0 Å². The second kappa shape index (κ2) is 4.33. The molecule has 0 bridgehead atoms. The zero-order chi connectivity index (χ0) is 10.9. The summed E-state index contributed by atoms with van der Waals surface area (Å²) in [5.74, 6) is 1.61. The topological polar surface area (TPSA) is 58.5 Å². The average molecular weight is 248 g/mol. The molecule has 2 unspecified atom stereocenters. The van der Waals surface area contributed by atoms with Crippen molar-refractivity contribution in [3.05, 3.63) is 0 Å². The molecule has 1 fully saturated rings. The first-order valence-corrected chi connectivity index (χ1v) is 8.07. The summed E-state index contributed by atoms with van der Waals surface area (Å²) in [6, 6.07) is 0.493. The SMILES string of the molecule is CCC1CSC(NC2CCS(=O)(=O)C2)=N1. The van der Waals surface area contributed by atoms with Crippen molar-refractivity contribution in [3.8, 4) is 0 Å². The molecule has 86 valence electrons. The number of hydrogen-bond acceptors (Lipinski definition) is 5. The van der Waals surface area contributed by atoms with E-state index in [4.69, 9.17) is 0 Å². The van der Waals surface area contributed by atoms with Gasteiger partial charge in [-0.25, -0.2) is 8.42 Å². The highest BCUT2D eigenvalue weighted by molar-refractivity contribution is 8.14. The predicted octanol–water partition coefficient (Wildman–Crippen LogP) is 0.644. The molecule has 0 aliphatic carbocycles. The first-order valence-electron chi connectivity index (χ1n) is 5.26. The molecule has 2 aliphatic rings. The number of nitrogens with zero attached hydrogens (tertiary/aromatic N) is 1. The van der Waals surface area contributed by atoms with Gasteiger partial charge in [-0.2, -0.15) is 0 Å². The number of aliphatic imine (C=N–C) groups is 1. The van der Waals surface area contributed by atoms with Gasteiger partial charge in [-0.3, -0.25) is 4.99 Å². The van der Waals surface area contributed by atoms with Crippen molar-refractivity contribution in [1.29, 1.82) is 0 Å². The lowest BCUT2D eigenvalue weighted by atomic mass is 10.3. The Labute approximate surface area is 94.8 Å². The number of nitrogens with one attached hydrogen (secondary N) is 1. The Hall–Kier alpha value is -0.230. The molecule has 1 N–H and O–H groups in total. The van der Waals surface area contributed by atoms with Gasteiger partial charge in [-0.1, -0.05) is 18.7 Å². The highest BCUT2D eigenvalue weighted by Gasteiger charge is 2.29. The van der Waals surface area contributed by atoms with Gasteiger partial charge in [0.05, 0.1) is 17.5 Å². The van der Waals surface area contributed by atoms with Crippen LogP contribution in [0.3, 0.4) is 0 Å². The van der Waals surface area contributed by atoms with Crippen LogP contribution in [-0.2, 0) is 9.84 Å². The maximum absolute atomic E-state index is 11.2. The van der Waals surface area contributed by atoms with E-state index in [1.807, 2.05) is 0 Å². The average Bonchev–Trinajstić information content (AvgIpc) is 2.73. The van der Waals surface area contributed by atoms with E-state index in [2.05, 4.69) is 17.2 Å². The van der Waals surface area contributed by atoms with E-state index in [9.17, 15) is 8.42 Å². The summed E-state index contributed by atoms with van der Waals surface area (Å²) in [6.45, 7) is 2.12. The van der Waals surface area contributed by atoms with Gasteiger partial charge in [-0.05, 0) is 12.8 Å². The molecule has 0 aromatic carbocycles. The number of rotatable bonds is 2. The fourth-order valence-electron chi connectivity index (χ4n) is 1.79. The van der Waals surface area contributed by atoms with Crippen LogP contribution in [0.15, 0.2) is 4.99 Å². The molecule has 0 aromatic heterocycles. The quantitative estimate of drug-likeness (QED) is 0.779. The van der Waals surface area contributed by atoms with Crippen LogP contribution in [-0.4, -0.2) is 42.9 Å². The first-order chi connectivity index (χ1) is 7.09. The molecular weight excluding hydrogens is 232 g/mol. The molecule has 0 radical (unpaired) electrons. The molecule has 0 spiro atoms. The molecule has 4 nitrogen and oxygen atoms in total. The second-order valence-electron chi connectivity index (χ2n) is 4.05. The fourth-order valence-corrected chi connectivity index (χ4v) is 4.59. The van der Waals surface area contributed by atoms with Crippen LogP contribution < -0.4 is 5.32 Å². The van der Waals surface area contributed by atoms with Gasteiger partial charge < -0.3 is 5.32 Å². The van der Waals surface area contributed by atoms with E-state index in [-0.39, 0.29) is 11.8 Å². The predicted molar refractivity (Wildman–Crippen MR) is 64.2 cm³/mol. The van der Waals surface area contributed by atoms with Crippen molar-refractivity contribution in [2.45, 2.75) is 31.8 Å². The van der Waals surface area contributed by atoms with Crippen molar-refractivity contribution in [2.24, 2.45) is 4.99 Å². The summed E-state index contributed by atoms with van der Waals surface area (Å²) in [4.78, 5) is 4.49. The number of thioether (sulfide) groups is 1. The molecule has 0 saturated carbocycles. The third-order valence-electron chi connectivity index (χ3n) is 2.74. The van der Waals surface area contributed by atoms with Crippen LogP contribution in [0.2, 0.25) is 0 Å². The van der Waals surface area contributed by atoms with E-state index >= 15 is 0 Å². The third-order valence-corrected chi connectivity index (χ3v) is 5.56. The van der Waals surface area contributed by atoms with Crippen molar-refractivity contribution >= 4 is 26.8 Å². The Morgan fingerprint density at radius 2 is 2.40 bits per heavy atom. The van der Waals surface area contributed by atoms with Gasteiger partial charge >= 0.3 is 0 Å². The molecule has 0 amide bonds. The summed E-state index contributed by atoms with van der Waals surface area (Å²) >= 11 is 1.71. The van der Waals surface area contributed by atoms with Crippen molar-refractivity contribution in [2.75, 3.05) is 17.3 Å². The lowest BCUT2D eigenvalue weighted by Crippen LogP contribution is -2.33. The largest absolute Gasteiger partial charge is 0.361 e. The van der Waals surface area contributed by atoms with Crippen LogP contribution in [0.25, 0.3) is 0 Å². The van der Waals surface area contributed by atoms with E-state index in [1.54, 1.807) is 11.8 Å². The van der Waals surface area contributed by atoms with Gasteiger partial charge in [-0.15, -0.1) is 0 Å². The minimum atomic E-state index is -2.78. The van der Waals surface area contributed by atoms with Gasteiger partial charge in [0.25, 0.3) is 0 Å². The molecule has 2 atom stereocenters. The zero-order valence-corrected chi connectivity index (χ0v) is 10.4. The Morgan fingerprint density at radius 3 is 2.93 bits per heavy atom. The number of sulfone groups is 1. The number of amidine groups is 1. The van der Waals surface area contributed by atoms with E-state index in [1.165, 1.54) is 0 Å². The van der Waals surface area contributed by atoms with Crippen molar-refractivity contribution in [3.63, 3.8) is 0 Å². The van der Waals surface area contributed by atoms with E-state index < -0.39 is 9.84 Å². The number of hydrogen-bond donors (Lipinski definition) is 1. The van der Waals surface area contributed by atoms with E-state index in [0.29, 0.717) is 11.8 Å².